The number of ether oxygens (including phenoxy) is 1. The minimum absolute atomic E-state index is 0.0751. The summed E-state index contributed by atoms with van der Waals surface area (Å²) in [4.78, 5) is 10.8. The van der Waals surface area contributed by atoms with Gasteiger partial charge in [-0.3, -0.25) is 4.79 Å². The van der Waals surface area contributed by atoms with Crippen LogP contribution in [-0.2, 0) is 4.79 Å². The maximum Gasteiger partial charge on any atom is 0.262 e. The molecule has 0 aromatic heterocycles. The van der Waals surface area contributed by atoms with Gasteiger partial charge in [0.2, 0.25) is 0 Å². The Labute approximate surface area is 105 Å². The highest BCUT2D eigenvalue weighted by Crippen LogP contribution is 2.15. The van der Waals surface area contributed by atoms with Crippen LogP contribution in [0.1, 0.15) is 18.9 Å². The van der Waals surface area contributed by atoms with Crippen molar-refractivity contribution in [3.8, 4) is 11.8 Å². The summed E-state index contributed by atoms with van der Waals surface area (Å²) in [6.07, 6.45) is 2.39. The van der Waals surface area contributed by atoms with Gasteiger partial charge in [-0.15, -0.1) is 0 Å². The Bertz CT molecular complexity index is 457. The van der Waals surface area contributed by atoms with Gasteiger partial charge in [0.1, 0.15) is 17.4 Å². The minimum atomic E-state index is -0.751. The summed E-state index contributed by atoms with van der Waals surface area (Å²) >= 11 is 5.24. The fourth-order valence-electron chi connectivity index (χ4n) is 1.18. The van der Waals surface area contributed by atoms with E-state index >= 15 is 0 Å². The van der Waals surface area contributed by atoms with Gasteiger partial charge >= 0.3 is 0 Å². The van der Waals surface area contributed by atoms with Gasteiger partial charge in [-0.1, -0.05) is 19.1 Å². The Morgan fingerprint density at radius 1 is 1.47 bits per heavy atom. The summed E-state index contributed by atoms with van der Waals surface area (Å²) in [6.45, 7) is 2.70. The predicted octanol–water partition coefficient (Wildman–Crippen LogP) is 3.15. The highest BCUT2D eigenvalue weighted by atomic mass is 35.5. The Morgan fingerprint density at radius 3 is 2.59 bits per heavy atom. The Kier molecular flexibility index (Phi) is 5.25. The molecule has 0 fully saturated rings. The topological polar surface area (TPSA) is 50.1 Å². The largest absolute Gasteiger partial charge is 0.494 e. The number of allylic oxidation sites excluding steroid dienone is 1. The zero-order valence-corrected chi connectivity index (χ0v) is 10.2. The molecule has 0 spiro atoms. The molecule has 17 heavy (non-hydrogen) atoms. The predicted molar refractivity (Wildman–Crippen MR) is 66.7 cm³/mol. The molecule has 88 valence electrons. The van der Waals surface area contributed by atoms with Gasteiger partial charge in [0.15, 0.2) is 0 Å². The average molecular weight is 250 g/mol. The maximum absolute atomic E-state index is 10.8. The number of benzene rings is 1. The smallest absolute Gasteiger partial charge is 0.262 e. The average Bonchev–Trinajstić information content (AvgIpc) is 2.34. The quantitative estimate of drug-likeness (QED) is 0.458. The Hall–Kier alpha value is -1.79. The number of carbonyl (C=O) groups excluding carboxylic acids is 1. The highest BCUT2D eigenvalue weighted by molar-refractivity contribution is 6.68. The molecule has 0 aliphatic carbocycles. The van der Waals surface area contributed by atoms with Crippen LogP contribution in [0.15, 0.2) is 29.8 Å². The minimum Gasteiger partial charge on any atom is -0.494 e. The summed E-state index contributed by atoms with van der Waals surface area (Å²) in [7, 11) is 0. The van der Waals surface area contributed by atoms with Gasteiger partial charge in [0.25, 0.3) is 5.24 Å². The van der Waals surface area contributed by atoms with Crippen molar-refractivity contribution >= 4 is 22.9 Å². The van der Waals surface area contributed by atoms with Gasteiger partial charge in [0, 0.05) is 0 Å². The fourth-order valence-corrected chi connectivity index (χ4v) is 1.28. The highest BCUT2D eigenvalue weighted by Gasteiger charge is 2.04. The number of rotatable bonds is 5. The van der Waals surface area contributed by atoms with E-state index in [1.165, 1.54) is 6.08 Å². The van der Waals surface area contributed by atoms with Gasteiger partial charge in [-0.2, -0.15) is 5.26 Å². The molecule has 1 aromatic carbocycles. The van der Waals surface area contributed by atoms with Crippen LogP contribution in [0.3, 0.4) is 0 Å². The monoisotopic (exact) mass is 249 g/mol. The van der Waals surface area contributed by atoms with Crippen LogP contribution in [0.25, 0.3) is 6.08 Å². The molecule has 0 radical (unpaired) electrons. The molecular weight excluding hydrogens is 238 g/mol. The zero-order chi connectivity index (χ0) is 12.7. The lowest BCUT2D eigenvalue weighted by Gasteiger charge is -2.04. The van der Waals surface area contributed by atoms with E-state index < -0.39 is 5.24 Å². The first-order valence-electron chi connectivity index (χ1n) is 5.22. The number of hydrogen-bond acceptors (Lipinski definition) is 3. The van der Waals surface area contributed by atoms with Crippen molar-refractivity contribution in [1.29, 1.82) is 5.26 Å². The molecule has 0 N–H and O–H groups in total. The summed E-state index contributed by atoms with van der Waals surface area (Å²) in [5, 5.41) is 7.93. The number of hydrogen-bond donors (Lipinski definition) is 0. The van der Waals surface area contributed by atoms with Crippen molar-refractivity contribution in [2.75, 3.05) is 6.61 Å². The Balaban J connectivity index is 2.81. The molecule has 0 aliphatic heterocycles. The molecule has 0 saturated carbocycles. The standard InChI is InChI=1S/C13H12ClNO2/c1-2-7-17-12-5-3-10(4-6-12)8-11(9-15)13(14)16/h3-6,8H,2,7H2,1H3. The summed E-state index contributed by atoms with van der Waals surface area (Å²) in [6, 6.07) is 8.85. The molecule has 0 bridgehead atoms. The number of nitrogens with zero attached hydrogens (tertiary/aromatic N) is 1. The van der Waals surface area contributed by atoms with E-state index in [1.807, 2.05) is 6.92 Å². The van der Waals surface area contributed by atoms with Crippen LogP contribution >= 0.6 is 11.6 Å². The third-order valence-electron chi connectivity index (χ3n) is 2.00. The van der Waals surface area contributed by atoms with Crippen molar-refractivity contribution in [1.82, 2.24) is 0 Å². The van der Waals surface area contributed by atoms with Crippen molar-refractivity contribution in [3.05, 3.63) is 35.4 Å². The van der Waals surface area contributed by atoms with Crippen LogP contribution in [-0.4, -0.2) is 11.8 Å². The van der Waals surface area contributed by atoms with E-state index in [0.29, 0.717) is 6.61 Å². The summed E-state index contributed by atoms with van der Waals surface area (Å²) in [5.74, 6) is 0.764. The van der Waals surface area contributed by atoms with E-state index in [9.17, 15) is 4.79 Å². The van der Waals surface area contributed by atoms with E-state index in [1.54, 1.807) is 30.3 Å². The van der Waals surface area contributed by atoms with E-state index in [0.717, 1.165) is 17.7 Å². The first kappa shape index (κ1) is 13.3. The molecule has 4 heteroatoms. The first-order valence-corrected chi connectivity index (χ1v) is 5.59. The lowest BCUT2D eigenvalue weighted by atomic mass is 10.1. The van der Waals surface area contributed by atoms with Gasteiger partial charge < -0.3 is 4.74 Å². The molecule has 0 aliphatic rings. The van der Waals surface area contributed by atoms with Crippen molar-refractivity contribution in [2.24, 2.45) is 0 Å². The molecule has 1 rings (SSSR count). The third-order valence-corrected chi connectivity index (χ3v) is 2.20. The van der Waals surface area contributed by atoms with Crippen LogP contribution in [0.2, 0.25) is 0 Å². The molecular formula is C13H12ClNO2. The van der Waals surface area contributed by atoms with Crippen LogP contribution in [0.5, 0.6) is 5.75 Å². The second-order valence-corrected chi connectivity index (χ2v) is 3.70. The van der Waals surface area contributed by atoms with E-state index in [4.69, 9.17) is 21.6 Å². The van der Waals surface area contributed by atoms with E-state index in [-0.39, 0.29) is 5.57 Å². The SMILES string of the molecule is CCCOc1ccc(C=C(C#N)C(=O)Cl)cc1. The second kappa shape index (κ2) is 6.72. The van der Waals surface area contributed by atoms with Crippen LogP contribution in [0, 0.1) is 11.3 Å². The van der Waals surface area contributed by atoms with Gasteiger partial charge in [-0.05, 0) is 41.8 Å². The Morgan fingerprint density at radius 2 is 2.12 bits per heavy atom. The number of nitriles is 1. The van der Waals surface area contributed by atoms with Crippen molar-refractivity contribution < 1.29 is 9.53 Å². The fraction of sp³-hybridized carbons (Fsp3) is 0.231. The lowest BCUT2D eigenvalue weighted by Crippen LogP contribution is -1.94. The maximum atomic E-state index is 10.8. The van der Waals surface area contributed by atoms with Crippen LogP contribution < -0.4 is 4.74 Å². The first-order chi connectivity index (χ1) is 8.17. The molecule has 3 nitrogen and oxygen atoms in total. The van der Waals surface area contributed by atoms with Crippen molar-refractivity contribution in [2.45, 2.75) is 13.3 Å². The van der Waals surface area contributed by atoms with Gasteiger partial charge in [0.05, 0.1) is 6.61 Å². The molecule has 0 heterocycles. The van der Waals surface area contributed by atoms with E-state index in [2.05, 4.69) is 0 Å². The molecule has 1 aromatic rings. The second-order valence-electron chi connectivity index (χ2n) is 3.36. The molecule has 0 atom stereocenters. The molecule has 0 amide bonds. The lowest BCUT2D eigenvalue weighted by molar-refractivity contribution is -0.108. The molecule has 0 unspecified atom stereocenters. The zero-order valence-electron chi connectivity index (χ0n) is 9.44. The van der Waals surface area contributed by atoms with Crippen LogP contribution in [0.4, 0.5) is 0 Å². The number of carbonyl (C=O) groups is 1. The summed E-state index contributed by atoms with van der Waals surface area (Å²) in [5.41, 5.74) is 0.660. The van der Waals surface area contributed by atoms with Gasteiger partial charge in [-0.25, -0.2) is 0 Å². The number of halogens is 1. The van der Waals surface area contributed by atoms with Crippen molar-refractivity contribution in [3.63, 3.8) is 0 Å². The normalized spacial score (nSPS) is 10.8. The molecule has 0 saturated heterocycles. The third kappa shape index (κ3) is 4.29. The summed E-state index contributed by atoms with van der Waals surface area (Å²) < 4.78 is 5.41.